The van der Waals surface area contributed by atoms with Crippen LogP contribution in [0.2, 0.25) is 0 Å². The molecular weight excluding hydrogens is 254 g/mol. The Kier molecular flexibility index (Phi) is 4.60. The quantitative estimate of drug-likeness (QED) is 0.866. The summed E-state index contributed by atoms with van der Waals surface area (Å²) in [6.45, 7) is 8.41. The van der Waals surface area contributed by atoms with Gasteiger partial charge in [0, 0.05) is 43.0 Å². The molecule has 0 unspecified atom stereocenters. The molecule has 5 nitrogen and oxygen atoms in total. The lowest BCUT2D eigenvalue weighted by Gasteiger charge is -2.32. The lowest BCUT2D eigenvalue weighted by atomic mass is 10.1. The Hall–Kier alpha value is -1.62. The van der Waals surface area contributed by atoms with E-state index in [0.29, 0.717) is 30.6 Å². The highest BCUT2D eigenvalue weighted by atomic mass is 16.2. The molecule has 2 N–H and O–H groups in total. The van der Waals surface area contributed by atoms with Crippen molar-refractivity contribution < 1.29 is 4.79 Å². The summed E-state index contributed by atoms with van der Waals surface area (Å²) in [4.78, 5) is 28.8. The van der Waals surface area contributed by atoms with Gasteiger partial charge in [0.2, 0.25) is 5.56 Å². The Morgan fingerprint density at radius 2 is 2.20 bits per heavy atom. The van der Waals surface area contributed by atoms with Crippen molar-refractivity contribution in [1.82, 2.24) is 15.2 Å². The van der Waals surface area contributed by atoms with Gasteiger partial charge < -0.3 is 15.2 Å². The van der Waals surface area contributed by atoms with E-state index in [4.69, 9.17) is 0 Å². The number of piperazine rings is 1. The highest BCUT2D eigenvalue weighted by molar-refractivity contribution is 5.94. The minimum absolute atomic E-state index is 0.0468. The SMILES string of the molecule is CC(C)Cc1cc(C(=O)N2CCN[C@H](C)C2)cc(=O)[nH]1. The largest absolute Gasteiger partial charge is 0.336 e. The van der Waals surface area contributed by atoms with Gasteiger partial charge in [0.15, 0.2) is 0 Å². The van der Waals surface area contributed by atoms with Crippen molar-refractivity contribution in [3.8, 4) is 0 Å². The topological polar surface area (TPSA) is 65.2 Å². The molecular formula is C15H23N3O2. The third kappa shape index (κ3) is 3.70. The van der Waals surface area contributed by atoms with Crippen molar-refractivity contribution in [2.24, 2.45) is 5.92 Å². The molecule has 1 aromatic rings. The van der Waals surface area contributed by atoms with Crippen LogP contribution in [-0.4, -0.2) is 41.5 Å². The zero-order chi connectivity index (χ0) is 14.7. The molecule has 0 bridgehead atoms. The summed E-state index contributed by atoms with van der Waals surface area (Å²) in [5, 5.41) is 3.31. The summed E-state index contributed by atoms with van der Waals surface area (Å²) >= 11 is 0. The van der Waals surface area contributed by atoms with E-state index >= 15 is 0 Å². The number of carbonyl (C=O) groups is 1. The first-order valence-corrected chi connectivity index (χ1v) is 7.21. The fourth-order valence-corrected chi connectivity index (χ4v) is 2.57. The van der Waals surface area contributed by atoms with Gasteiger partial charge in [-0.3, -0.25) is 9.59 Å². The van der Waals surface area contributed by atoms with Crippen LogP contribution >= 0.6 is 0 Å². The lowest BCUT2D eigenvalue weighted by molar-refractivity contribution is 0.0708. The van der Waals surface area contributed by atoms with E-state index in [1.54, 1.807) is 0 Å². The van der Waals surface area contributed by atoms with Crippen molar-refractivity contribution in [3.05, 3.63) is 33.7 Å². The van der Waals surface area contributed by atoms with Crippen molar-refractivity contribution in [1.29, 1.82) is 0 Å². The summed E-state index contributed by atoms with van der Waals surface area (Å²) in [5.74, 6) is 0.393. The van der Waals surface area contributed by atoms with E-state index in [1.165, 1.54) is 6.07 Å². The summed E-state index contributed by atoms with van der Waals surface area (Å²) in [7, 11) is 0. The second-order valence-electron chi connectivity index (χ2n) is 5.96. The number of nitrogens with zero attached hydrogens (tertiary/aromatic N) is 1. The van der Waals surface area contributed by atoms with Gasteiger partial charge in [-0.1, -0.05) is 13.8 Å². The van der Waals surface area contributed by atoms with Crippen molar-refractivity contribution in [2.75, 3.05) is 19.6 Å². The van der Waals surface area contributed by atoms with Crippen LogP contribution in [0.4, 0.5) is 0 Å². The highest BCUT2D eigenvalue weighted by Gasteiger charge is 2.22. The van der Waals surface area contributed by atoms with Gasteiger partial charge in [-0.05, 0) is 25.3 Å². The smallest absolute Gasteiger partial charge is 0.254 e. The van der Waals surface area contributed by atoms with E-state index in [1.807, 2.05) is 11.0 Å². The summed E-state index contributed by atoms with van der Waals surface area (Å²) in [6.07, 6.45) is 0.772. The normalized spacial score (nSPS) is 19.4. The molecule has 1 aliphatic rings. The minimum Gasteiger partial charge on any atom is -0.336 e. The van der Waals surface area contributed by atoms with Gasteiger partial charge in [0.25, 0.3) is 5.91 Å². The maximum Gasteiger partial charge on any atom is 0.254 e. The minimum atomic E-state index is -0.199. The van der Waals surface area contributed by atoms with Crippen molar-refractivity contribution in [2.45, 2.75) is 33.2 Å². The van der Waals surface area contributed by atoms with E-state index in [-0.39, 0.29) is 11.5 Å². The molecule has 0 aliphatic carbocycles. The number of H-pyrrole nitrogens is 1. The molecule has 1 aromatic heterocycles. The fraction of sp³-hybridized carbons (Fsp3) is 0.600. The van der Waals surface area contributed by atoms with Crippen LogP contribution in [-0.2, 0) is 6.42 Å². The molecule has 20 heavy (non-hydrogen) atoms. The molecule has 1 saturated heterocycles. The maximum absolute atomic E-state index is 12.5. The number of rotatable bonds is 3. The number of hydrogen-bond acceptors (Lipinski definition) is 3. The van der Waals surface area contributed by atoms with E-state index in [2.05, 4.69) is 31.1 Å². The van der Waals surface area contributed by atoms with Gasteiger partial charge in [-0.25, -0.2) is 0 Å². The first-order valence-electron chi connectivity index (χ1n) is 7.21. The Labute approximate surface area is 119 Å². The number of aromatic nitrogens is 1. The summed E-state index contributed by atoms with van der Waals surface area (Å²) in [5.41, 5.74) is 1.13. The zero-order valence-electron chi connectivity index (χ0n) is 12.4. The van der Waals surface area contributed by atoms with Gasteiger partial charge >= 0.3 is 0 Å². The molecule has 0 aromatic carbocycles. The Balaban J connectivity index is 2.20. The van der Waals surface area contributed by atoms with Crippen LogP contribution < -0.4 is 10.9 Å². The molecule has 1 atom stereocenters. The molecule has 1 aliphatic heterocycles. The van der Waals surface area contributed by atoms with Crippen molar-refractivity contribution in [3.63, 3.8) is 0 Å². The first kappa shape index (κ1) is 14.8. The van der Waals surface area contributed by atoms with E-state index < -0.39 is 0 Å². The van der Waals surface area contributed by atoms with E-state index in [0.717, 1.165) is 18.7 Å². The number of nitrogens with one attached hydrogen (secondary N) is 2. The molecule has 1 fully saturated rings. The standard InChI is InChI=1S/C15H23N3O2/c1-10(2)6-13-7-12(8-14(19)17-13)15(20)18-5-4-16-11(3)9-18/h7-8,10-11,16H,4-6,9H2,1-3H3,(H,17,19)/t11-/m1/s1. The Morgan fingerprint density at radius 1 is 1.45 bits per heavy atom. The van der Waals surface area contributed by atoms with Crippen LogP contribution in [0.1, 0.15) is 36.8 Å². The van der Waals surface area contributed by atoms with Crippen LogP contribution in [0, 0.1) is 5.92 Å². The fourth-order valence-electron chi connectivity index (χ4n) is 2.57. The average Bonchev–Trinajstić information content (AvgIpc) is 2.36. The second kappa shape index (κ2) is 6.22. The van der Waals surface area contributed by atoms with E-state index in [9.17, 15) is 9.59 Å². The zero-order valence-corrected chi connectivity index (χ0v) is 12.4. The lowest BCUT2D eigenvalue weighted by Crippen LogP contribution is -2.51. The van der Waals surface area contributed by atoms with Crippen molar-refractivity contribution >= 4 is 5.91 Å². The highest BCUT2D eigenvalue weighted by Crippen LogP contribution is 2.10. The summed E-state index contributed by atoms with van der Waals surface area (Å²) < 4.78 is 0. The number of pyridine rings is 1. The van der Waals surface area contributed by atoms with Crippen LogP contribution in [0.5, 0.6) is 0 Å². The average molecular weight is 277 g/mol. The Morgan fingerprint density at radius 3 is 2.85 bits per heavy atom. The molecule has 1 amide bonds. The first-order chi connectivity index (χ1) is 9.45. The molecule has 0 radical (unpaired) electrons. The maximum atomic E-state index is 12.5. The number of hydrogen-bond donors (Lipinski definition) is 2. The second-order valence-corrected chi connectivity index (χ2v) is 5.96. The number of amides is 1. The molecule has 0 spiro atoms. The monoisotopic (exact) mass is 277 g/mol. The predicted octanol–water partition coefficient (Wildman–Crippen LogP) is 1.01. The number of aromatic amines is 1. The third-order valence-corrected chi connectivity index (χ3v) is 3.43. The molecule has 0 saturated carbocycles. The van der Waals surface area contributed by atoms with Gasteiger partial charge in [0.05, 0.1) is 0 Å². The molecule has 2 rings (SSSR count). The van der Waals surface area contributed by atoms with Gasteiger partial charge in [-0.15, -0.1) is 0 Å². The van der Waals surface area contributed by atoms with Crippen LogP contribution in [0.3, 0.4) is 0 Å². The molecule has 2 heterocycles. The molecule has 5 heteroatoms. The van der Waals surface area contributed by atoms with Crippen LogP contribution in [0.25, 0.3) is 0 Å². The van der Waals surface area contributed by atoms with Gasteiger partial charge in [-0.2, -0.15) is 0 Å². The van der Waals surface area contributed by atoms with Crippen LogP contribution in [0.15, 0.2) is 16.9 Å². The molecule has 110 valence electrons. The predicted molar refractivity (Wildman–Crippen MR) is 79.0 cm³/mol. The number of carbonyl (C=O) groups excluding carboxylic acids is 1. The Bertz CT molecular complexity index is 536. The third-order valence-electron chi connectivity index (χ3n) is 3.43. The van der Waals surface area contributed by atoms with Gasteiger partial charge in [0.1, 0.15) is 0 Å². The summed E-state index contributed by atoms with van der Waals surface area (Å²) in [6, 6.07) is 3.51.